The molecule has 3 rings (SSSR count). The summed E-state index contributed by atoms with van der Waals surface area (Å²) in [4.78, 5) is 8.62. The van der Waals surface area contributed by atoms with Crippen LogP contribution in [-0.4, -0.2) is 11.3 Å². The van der Waals surface area contributed by atoms with Crippen molar-refractivity contribution in [3.8, 4) is 0 Å². The molecule has 5 nitrogen and oxygen atoms in total. The maximum Gasteiger partial charge on any atom is 0.159 e. The van der Waals surface area contributed by atoms with Crippen LogP contribution in [0, 0.1) is 0 Å². The second kappa shape index (κ2) is 3.82. The summed E-state index contributed by atoms with van der Waals surface area (Å²) in [6.45, 7) is 0. The Kier molecular flexibility index (Phi) is 2.28. The molecule has 0 aliphatic carbocycles. The van der Waals surface area contributed by atoms with Crippen LogP contribution >= 0.6 is 0 Å². The highest BCUT2D eigenvalue weighted by molar-refractivity contribution is 5.79. The molecule has 0 saturated heterocycles. The number of para-hydroxylation sites is 1. The largest absolute Gasteiger partial charge is 0.385 e. The number of nitrogens with one attached hydrogen (secondary N) is 1. The molecule has 2 aromatic rings. The molecule has 90 valence electrons. The third-order valence-electron chi connectivity index (χ3n) is 2.94. The van der Waals surface area contributed by atoms with Crippen LogP contribution < -0.4 is 16.8 Å². The molecule has 18 heavy (non-hydrogen) atoms. The van der Waals surface area contributed by atoms with E-state index in [-0.39, 0.29) is 0 Å². The zero-order chi connectivity index (χ0) is 12.6. The zero-order valence-corrected chi connectivity index (χ0v) is 9.67. The fraction of sp³-hybridized carbons (Fsp3) is 0.0769. The van der Waals surface area contributed by atoms with Crippen molar-refractivity contribution < 1.29 is 0 Å². The van der Waals surface area contributed by atoms with Crippen LogP contribution in [0.5, 0.6) is 0 Å². The van der Waals surface area contributed by atoms with Gasteiger partial charge in [-0.05, 0) is 12.1 Å². The fourth-order valence-corrected chi connectivity index (χ4v) is 1.98. The minimum absolute atomic E-state index is 0.487. The molecule has 2 heterocycles. The summed E-state index contributed by atoms with van der Waals surface area (Å²) in [5.74, 6) is 0.487. The monoisotopic (exact) mass is 239 g/mol. The molecule has 0 radical (unpaired) electrons. The third kappa shape index (κ3) is 1.70. The molecule has 0 spiro atoms. The van der Waals surface area contributed by atoms with E-state index in [9.17, 15) is 0 Å². The molecular weight excluding hydrogens is 226 g/mol. The molecule has 0 bridgehead atoms. The SMILES string of the molecule is NC1=CC(N)(c2cnc3ccccc3c2)N=CN1. The first-order chi connectivity index (χ1) is 8.67. The van der Waals surface area contributed by atoms with E-state index in [1.807, 2.05) is 30.3 Å². The second-order valence-electron chi connectivity index (χ2n) is 4.24. The molecular formula is C13H13N5. The van der Waals surface area contributed by atoms with Gasteiger partial charge in [0.2, 0.25) is 0 Å². The van der Waals surface area contributed by atoms with Crippen LogP contribution in [0.15, 0.2) is 53.4 Å². The highest BCUT2D eigenvalue weighted by Crippen LogP contribution is 2.25. The van der Waals surface area contributed by atoms with Gasteiger partial charge in [0.1, 0.15) is 5.82 Å². The molecule has 5 N–H and O–H groups in total. The number of rotatable bonds is 1. The van der Waals surface area contributed by atoms with Gasteiger partial charge in [0.05, 0.1) is 11.9 Å². The second-order valence-corrected chi connectivity index (χ2v) is 4.24. The number of hydrogen-bond acceptors (Lipinski definition) is 5. The maximum absolute atomic E-state index is 6.23. The van der Waals surface area contributed by atoms with Gasteiger partial charge >= 0.3 is 0 Å². The molecule has 5 heteroatoms. The first-order valence-electron chi connectivity index (χ1n) is 5.60. The van der Waals surface area contributed by atoms with E-state index in [0.717, 1.165) is 16.5 Å². The van der Waals surface area contributed by atoms with Crippen molar-refractivity contribution in [1.82, 2.24) is 10.3 Å². The molecule has 1 aromatic heterocycles. The molecule has 1 aromatic carbocycles. The quantitative estimate of drug-likeness (QED) is 0.686. The standard InChI is InChI=1S/C13H13N5/c14-12-6-13(15,18-8-17-12)10-5-9-3-1-2-4-11(9)16-7-10/h1-8H,14-15H2,(H,17,18). The van der Waals surface area contributed by atoms with E-state index in [4.69, 9.17) is 11.5 Å². The number of nitrogens with two attached hydrogens (primary N) is 2. The maximum atomic E-state index is 6.23. The predicted octanol–water partition coefficient (Wildman–Crippen LogP) is 0.778. The minimum Gasteiger partial charge on any atom is -0.385 e. The van der Waals surface area contributed by atoms with Crippen LogP contribution in [0.1, 0.15) is 5.56 Å². The first kappa shape index (κ1) is 10.7. The Labute approximate surface area is 104 Å². The van der Waals surface area contributed by atoms with Crippen molar-refractivity contribution in [3.63, 3.8) is 0 Å². The Hall–Kier alpha value is -2.40. The molecule has 0 saturated carbocycles. The number of nitrogens with zero attached hydrogens (tertiary/aromatic N) is 2. The lowest BCUT2D eigenvalue weighted by Gasteiger charge is -2.25. The van der Waals surface area contributed by atoms with Crippen LogP contribution in [-0.2, 0) is 5.66 Å². The fourth-order valence-electron chi connectivity index (χ4n) is 1.98. The van der Waals surface area contributed by atoms with E-state index in [0.29, 0.717) is 5.82 Å². The van der Waals surface area contributed by atoms with Gasteiger partial charge in [0.15, 0.2) is 5.66 Å². The number of aliphatic imine (C=N–C) groups is 1. The van der Waals surface area contributed by atoms with Gasteiger partial charge in [0.25, 0.3) is 0 Å². The number of fused-ring (bicyclic) bond motifs is 1. The van der Waals surface area contributed by atoms with Gasteiger partial charge in [-0.15, -0.1) is 0 Å². The van der Waals surface area contributed by atoms with Crippen molar-refractivity contribution in [3.05, 3.63) is 54.0 Å². The summed E-state index contributed by atoms with van der Waals surface area (Å²) in [7, 11) is 0. The third-order valence-corrected chi connectivity index (χ3v) is 2.94. The van der Waals surface area contributed by atoms with Crippen molar-refractivity contribution in [2.45, 2.75) is 5.66 Å². The molecule has 1 unspecified atom stereocenters. The van der Waals surface area contributed by atoms with Crippen molar-refractivity contribution in [2.75, 3.05) is 0 Å². The smallest absolute Gasteiger partial charge is 0.159 e. The Morgan fingerprint density at radius 1 is 1.22 bits per heavy atom. The van der Waals surface area contributed by atoms with Crippen LogP contribution in [0.2, 0.25) is 0 Å². The Morgan fingerprint density at radius 2 is 2.06 bits per heavy atom. The lowest BCUT2D eigenvalue weighted by Crippen LogP contribution is -2.39. The summed E-state index contributed by atoms with van der Waals surface area (Å²) in [5, 5.41) is 3.82. The lowest BCUT2D eigenvalue weighted by molar-refractivity contribution is 0.577. The normalized spacial score (nSPS) is 22.6. The number of pyridine rings is 1. The van der Waals surface area contributed by atoms with Gasteiger partial charge in [-0.2, -0.15) is 0 Å². The minimum atomic E-state index is -0.952. The van der Waals surface area contributed by atoms with Gasteiger partial charge in [-0.3, -0.25) is 10.7 Å². The summed E-state index contributed by atoms with van der Waals surface area (Å²) < 4.78 is 0. The van der Waals surface area contributed by atoms with Crippen molar-refractivity contribution in [2.24, 2.45) is 16.5 Å². The summed E-state index contributed by atoms with van der Waals surface area (Å²) >= 11 is 0. The highest BCUT2D eigenvalue weighted by Gasteiger charge is 2.26. The number of benzene rings is 1. The van der Waals surface area contributed by atoms with Crippen molar-refractivity contribution >= 4 is 17.2 Å². The van der Waals surface area contributed by atoms with E-state index >= 15 is 0 Å². The molecule has 1 aliphatic rings. The van der Waals surface area contributed by atoms with E-state index in [2.05, 4.69) is 15.3 Å². The molecule has 1 atom stereocenters. The Morgan fingerprint density at radius 3 is 2.89 bits per heavy atom. The van der Waals surface area contributed by atoms with Gasteiger partial charge in [-0.25, -0.2) is 4.99 Å². The van der Waals surface area contributed by atoms with Crippen LogP contribution in [0.25, 0.3) is 10.9 Å². The molecule has 0 fully saturated rings. The zero-order valence-electron chi connectivity index (χ0n) is 9.67. The van der Waals surface area contributed by atoms with Crippen LogP contribution in [0.3, 0.4) is 0 Å². The lowest BCUT2D eigenvalue weighted by atomic mass is 10.00. The van der Waals surface area contributed by atoms with E-state index in [1.54, 1.807) is 12.3 Å². The first-order valence-corrected chi connectivity index (χ1v) is 5.60. The van der Waals surface area contributed by atoms with Gasteiger partial charge in [-0.1, -0.05) is 18.2 Å². The Balaban J connectivity index is 2.14. The average molecular weight is 239 g/mol. The van der Waals surface area contributed by atoms with Crippen molar-refractivity contribution in [1.29, 1.82) is 0 Å². The number of hydrogen-bond donors (Lipinski definition) is 3. The van der Waals surface area contributed by atoms with Gasteiger partial charge < -0.3 is 11.1 Å². The van der Waals surface area contributed by atoms with Crippen LogP contribution in [0.4, 0.5) is 0 Å². The summed E-state index contributed by atoms with van der Waals surface area (Å²) in [6.07, 6.45) is 4.91. The molecule has 1 aliphatic heterocycles. The van der Waals surface area contributed by atoms with E-state index in [1.165, 1.54) is 6.34 Å². The highest BCUT2D eigenvalue weighted by atomic mass is 15.1. The number of aromatic nitrogens is 1. The molecule has 0 amide bonds. The predicted molar refractivity (Wildman–Crippen MR) is 71.5 cm³/mol. The average Bonchev–Trinajstić information content (AvgIpc) is 2.38. The summed E-state index contributed by atoms with van der Waals surface area (Å²) in [6, 6.07) is 9.85. The summed E-state index contributed by atoms with van der Waals surface area (Å²) in [5.41, 5.74) is 12.7. The topological polar surface area (TPSA) is 89.3 Å². The van der Waals surface area contributed by atoms with Gasteiger partial charge in [0, 0.05) is 23.2 Å². The Bertz CT molecular complexity index is 661. The van der Waals surface area contributed by atoms with E-state index < -0.39 is 5.66 Å².